The molecular weight excluding hydrogens is 272 g/mol. The Bertz CT molecular complexity index is 400. The molecule has 1 aromatic rings. The molecule has 0 aromatic carbocycles. The van der Waals surface area contributed by atoms with Crippen molar-refractivity contribution in [2.45, 2.75) is 25.8 Å². The summed E-state index contributed by atoms with van der Waals surface area (Å²) in [5.41, 5.74) is 0.452. The first-order valence-electron chi connectivity index (χ1n) is 7.50. The van der Waals surface area contributed by atoms with E-state index in [-0.39, 0.29) is 0 Å². The summed E-state index contributed by atoms with van der Waals surface area (Å²) in [5, 5.41) is 3.30. The minimum absolute atomic E-state index is 0.452. The van der Waals surface area contributed by atoms with Crippen molar-refractivity contribution in [2.24, 2.45) is 11.3 Å². The first-order valence-corrected chi connectivity index (χ1v) is 8.38. The number of aromatic nitrogens is 1. The van der Waals surface area contributed by atoms with E-state index in [0.717, 1.165) is 26.4 Å². The molecule has 4 nitrogen and oxygen atoms in total. The highest BCUT2D eigenvalue weighted by molar-refractivity contribution is 7.09. The second-order valence-corrected chi connectivity index (χ2v) is 7.02. The maximum Gasteiger partial charge on any atom is 0.107 e. The summed E-state index contributed by atoms with van der Waals surface area (Å²) in [6.45, 7) is 6.01. The van der Waals surface area contributed by atoms with Crippen LogP contribution in [0.3, 0.4) is 0 Å². The molecule has 2 aliphatic heterocycles. The Hall–Kier alpha value is -0.490. The van der Waals surface area contributed by atoms with Crippen LogP contribution in [0.5, 0.6) is 0 Å². The molecule has 1 spiro atoms. The average molecular weight is 296 g/mol. The van der Waals surface area contributed by atoms with Crippen LogP contribution in [0.15, 0.2) is 11.6 Å². The van der Waals surface area contributed by atoms with Crippen LogP contribution >= 0.6 is 11.3 Å². The first kappa shape index (κ1) is 14.4. The normalized spacial score (nSPS) is 26.9. The van der Waals surface area contributed by atoms with Gasteiger partial charge in [-0.05, 0) is 37.8 Å². The van der Waals surface area contributed by atoms with E-state index in [0.29, 0.717) is 11.3 Å². The van der Waals surface area contributed by atoms with Gasteiger partial charge in [-0.15, -0.1) is 11.3 Å². The van der Waals surface area contributed by atoms with Gasteiger partial charge in [0.2, 0.25) is 0 Å². The molecule has 5 heteroatoms. The largest absolute Gasteiger partial charge is 0.384 e. The maximum absolute atomic E-state index is 5.67. The molecule has 0 saturated carbocycles. The average Bonchev–Trinajstić information content (AvgIpc) is 2.97. The lowest BCUT2D eigenvalue weighted by Gasteiger charge is -2.48. The summed E-state index contributed by atoms with van der Waals surface area (Å²) in [4.78, 5) is 6.94. The van der Waals surface area contributed by atoms with Crippen LogP contribution in [0.4, 0.5) is 0 Å². The van der Waals surface area contributed by atoms with Crippen molar-refractivity contribution in [2.75, 3.05) is 40.0 Å². The van der Waals surface area contributed by atoms with E-state index in [1.54, 1.807) is 18.4 Å². The predicted molar refractivity (Wildman–Crippen MR) is 79.9 cm³/mol. The van der Waals surface area contributed by atoms with Crippen molar-refractivity contribution >= 4 is 11.3 Å². The second-order valence-electron chi connectivity index (χ2n) is 6.04. The van der Waals surface area contributed by atoms with Crippen LogP contribution in [0.2, 0.25) is 0 Å². The topological polar surface area (TPSA) is 34.6 Å². The van der Waals surface area contributed by atoms with E-state index in [2.05, 4.69) is 15.3 Å². The number of likely N-dealkylation sites (tertiary alicyclic amines) is 1. The summed E-state index contributed by atoms with van der Waals surface area (Å²) >= 11 is 1.76. The van der Waals surface area contributed by atoms with Crippen molar-refractivity contribution in [1.29, 1.82) is 0 Å². The van der Waals surface area contributed by atoms with Gasteiger partial charge in [0.05, 0.1) is 19.8 Å². The SMILES string of the molecule is COC[C@@H]1COCCC12CCN(Cc1nccs1)CC2. The fraction of sp³-hybridized carbons (Fsp3) is 0.800. The first-order chi connectivity index (χ1) is 9.82. The monoisotopic (exact) mass is 296 g/mol. The van der Waals surface area contributed by atoms with Gasteiger partial charge in [-0.3, -0.25) is 4.90 Å². The van der Waals surface area contributed by atoms with Gasteiger partial charge in [-0.1, -0.05) is 0 Å². The van der Waals surface area contributed by atoms with Crippen molar-refractivity contribution in [3.8, 4) is 0 Å². The van der Waals surface area contributed by atoms with Crippen molar-refractivity contribution in [3.63, 3.8) is 0 Å². The standard InChI is InChI=1S/C15H24N2O2S/c1-18-11-13-12-19-8-4-15(13)2-6-17(7-3-15)10-14-16-5-9-20-14/h5,9,13H,2-4,6-8,10-12H2,1H3/t13-/m1/s1. The number of hydrogen-bond acceptors (Lipinski definition) is 5. The lowest BCUT2D eigenvalue weighted by atomic mass is 9.66. The van der Waals surface area contributed by atoms with E-state index < -0.39 is 0 Å². The molecule has 1 aromatic heterocycles. The predicted octanol–water partition coefficient (Wildman–Crippen LogP) is 2.41. The molecule has 0 N–H and O–H groups in total. The molecule has 2 saturated heterocycles. The van der Waals surface area contributed by atoms with E-state index in [1.807, 2.05) is 6.20 Å². The Labute approximate surface area is 125 Å². The summed E-state index contributed by atoms with van der Waals surface area (Å²) in [6, 6.07) is 0. The minimum atomic E-state index is 0.452. The van der Waals surface area contributed by atoms with Gasteiger partial charge in [0.25, 0.3) is 0 Å². The Balaban J connectivity index is 1.58. The lowest BCUT2D eigenvalue weighted by molar-refractivity contribution is -0.0951. The molecule has 0 aliphatic carbocycles. The highest BCUT2D eigenvalue weighted by atomic mass is 32.1. The maximum atomic E-state index is 5.67. The number of ether oxygens (including phenoxy) is 2. The van der Waals surface area contributed by atoms with E-state index in [4.69, 9.17) is 9.47 Å². The van der Waals surface area contributed by atoms with Gasteiger partial charge in [-0.25, -0.2) is 4.98 Å². The van der Waals surface area contributed by atoms with Crippen molar-refractivity contribution in [3.05, 3.63) is 16.6 Å². The van der Waals surface area contributed by atoms with Crippen LogP contribution in [-0.2, 0) is 16.0 Å². The highest BCUT2D eigenvalue weighted by Gasteiger charge is 2.43. The summed E-state index contributed by atoms with van der Waals surface area (Å²) in [6.07, 6.45) is 5.65. The smallest absolute Gasteiger partial charge is 0.107 e. The Morgan fingerprint density at radius 3 is 3.00 bits per heavy atom. The Morgan fingerprint density at radius 2 is 2.30 bits per heavy atom. The quantitative estimate of drug-likeness (QED) is 0.854. The van der Waals surface area contributed by atoms with Gasteiger partial charge < -0.3 is 9.47 Å². The van der Waals surface area contributed by atoms with Crippen LogP contribution in [0.1, 0.15) is 24.3 Å². The number of piperidine rings is 1. The highest BCUT2D eigenvalue weighted by Crippen LogP contribution is 2.44. The van der Waals surface area contributed by atoms with Gasteiger partial charge in [-0.2, -0.15) is 0 Å². The van der Waals surface area contributed by atoms with Crippen LogP contribution < -0.4 is 0 Å². The molecule has 3 rings (SSSR count). The van der Waals surface area contributed by atoms with Crippen LogP contribution in [0, 0.1) is 11.3 Å². The fourth-order valence-corrected chi connectivity index (χ4v) is 4.30. The molecule has 0 bridgehead atoms. The number of rotatable bonds is 4. The molecule has 20 heavy (non-hydrogen) atoms. The zero-order valence-electron chi connectivity index (χ0n) is 12.2. The third-order valence-electron chi connectivity index (χ3n) is 4.99. The third kappa shape index (κ3) is 3.06. The summed E-state index contributed by atoms with van der Waals surface area (Å²) in [7, 11) is 1.81. The van der Waals surface area contributed by atoms with E-state index >= 15 is 0 Å². The summed E-state index contributed by atoms with van der Waals surface area (Å²) < 4.78 is 11.1. The zero-order valence-corrected chi connectivity index (χ0v) is 13.0. The lowest BCUT2D eigenvalue weighted by Crippen LogP contribution is -2.49. The van der Waals surface area contributed by atoms with E-state index in [1.165, 1.54) is 37.4 Å². The fourth-order valence-electron chi connectivity index (χ4n) is 3.65. The molecule has 2 fully saturated rings. The van der Waals surface area contributed by atoms with Gasteiger partial charge in [0.15, 0.2) is 0 Å². The van der Waals surface area contributed by atoms with E-state index in [9.17, 15) is 0 Å². The van der Waals surface area contributed by atoms with Gasteiger partial charge >= 0.3 is 0 Å². The molecular formula is C15H24N2O2S. The molecule has 0 radical (unpaired) electrons. The molecule has 2 aliphatic rings. The summed E-state index contributed by atoms with van der Waals surface area (Å²) in [5.74, 6) is 0.572. The number of methoxy groups -OCH3 is 1. The number of hydrogen-bond donors (Lipinski definition) is 0. The van der Waals surface area contributed by atoms with Crippen LogP contribution in [0.25, 0.3) is 0 Å². The van der Waals surface area contributed by atoms with Crippen molar-refractivity contribution in [1.82, 2.24) is 9.88 Å². The third-order valence-corrected chi connectivity index (χ3v) is 5.76. The van der Waals surface area contributed by atoms with Gasteiger partial charge in [0, 0.05) is 31.2 Å². The molecule has 1 atom stereocenters. The zero-order chi connectivity index (χ0) is 13.8. The van der Waals surface area contributed by atoms with Crippen molar-refractivity contribution < 1.29 is 9.47 Å². The minimum Gasteiger partial charge on any atom is -0.384 e. The Morgan fingerprint density at radius 1 is 1.45 bits per heavy atom. The second kappa shape index (κ2) is 6.52. The molecule has 0 amide bonds. The number of nitrogens with zero attached hydrogens (tertiary/aromatic N) is 2. The van der Waals surface area contributed by atoms with Crippen LogP contribution in [-0.4, -0.2) is 49.9 Å². The van der Waals surface area contributed by atoms with Gasteiger partial charge in [0.1, 0.15) is 5.01 Å². The Kier molecular flexibility index (Phi) is 4.71. The molecule has 3 heterocycles. The molecule has 112 valence electrons. The molecule has 0 unspecified atom stereocenters. The number of thiazole rings is 1.